The number of benzene rings is 4. The number of amides is 2. The molecule has 0 spiro atoms. The minimum atomic E-state index is -0.933. The van der Waals surface area contributed by atoms with Crippen LogP contribution in [0.5, 0.6) is 0 Å². The van der Waals surface area contributed by atoms with Crippen LogP contribution in [-0.4, -0.2) is 65.0 Å². The van der Waals surface area contributed by atoms with Crippen LogP contribution in [0.15, 0.2) is 109 Å². The van der Waals surface area contributed by atoms with Crippen molar-refractivity contribution in [3.05, 3.63) is 212 Å². The number of rotatable bonds is 20. The fourth-order valence-corrected chi connectivity index (χ4v) is 13.6. The molecule has 2 saturated carbocycles. The Hall–Kier alpha value is -9.20. The van der Waals surface area contributed by atoms with Crippen LogP contribution in [0.3, 0.4) is 0 Å². The van der Waals surface area contributed by atoms with Gasteiger partial charge in [-0.3, -0.25) is 48.1 Å². The first-order chi connectivity index (χ1) is 40.8. The number of halogens is 6. The van der Waals surface area contributed by atoms with Crippen molar-refractivity contribution in [1.82, 2.24) is 29.5 Å². The van der Waals surface area contributed by atoms with E-state index < -0.39 is 58.6 Å². The van der Waals surface area contributed by atoms with Crippen molar-refractivity contribution >= 4 is 35.5 Å². The molecule has 20 heteroatoms. The molecule has 85 heavy (non-hydrogen) atoms. The summed E-state index contributed by atoms with van der Waals surface area (Å²) in [5.41, 5.74) is 18.3. The lowest BCUT2D eigenvalue weighted by atomic mass is 9.86. The first-order valence-electron chi connectivity index (χ1n) is 28.0. The molecule has 4 unspecified atom stereocenters. The highest BCUT2D eigenvalue weighted by atomic mass is 19.2. The van der Waals surface area contributed by atoms with Gasteiger partial charge in [0.1, 0.15) is 46.3 Å². The van der Waals surface area contributed by atoms with Crippen LogP contribution < -0.4 is 11.5 Å². The number of aldehydes is 1. The van der Waals surface area contributed by atoms with E-state index in [0.717, 1.165) is 91.6 Å². The highest BCUT2D eigenvalue weighted by molar-refractivity contribution is 5.96. The van der Waals surface area contributed by atoms with Crippen molar-refractivity contribution in [2.45, 2.75) is 120 Å². The van der Waals surface area contributed by atoms with Crippen molar-refractivity contribution in [3.8, 4) is 22.3 Å². The van der Waals surface area contributed by atoms with E-state index in [1.54, 1.807) is 33.6 Å². The topological polar surface area (TPSA) is 216 Å². The summed E-state index contributed by atoms with van der Waals surface area (Å²) in [5.74, 6) is -7.08. The summed E-state index contributed by atoms with van der Waals surface area (Å²) in [6, 6.07) is 21.0. The molecule has 0 radical (unpaired) electrons. The Labute approximate surface area is 483 Å². The molecule has 8 aromatic rings. The Balaban J connectivity index is 0.000000177. The zero-order valence-electron chi connectivity index (χ0n) is 46.0. The fraction of sp³-hybridized carbons (Fsp3) is 0.292. The lowest BCUT2D eigenvalue weighted by molar-refractivity contribution is -0.121. The molecule has 0 aliphatic heterocycles. The van der Waals surface area contributed by atoms with E-state index in [1.807, 2.05) is 0 Å². The maximum absolute atomic E-state index is 14.3. The molecular weight excluding hydrogens is 1100 g/mol. The zero-order valence-corrected chi connectivity index (χ0v) is 46.0. The molecule has 4 N–H and O–H groups in total. The van der Waals surface area contributed by atoms with Crippen LogP contribution in [0, 0.1) is 34.9 Å². The number of carbonyl (C=O) groups excluding carboxylic acids is 6. The normalized spacial score (nSPS) is 17.6. The predicted molar refractivity (Wildman–Crippen MR) is 300 cm³/mol. The standard InChI is InChI=1S/C33H29F3N4O3.C32H27F3N4O3/c1-17(41)30-29-20-4-5-21(12-20)32(29)40(39-30)16-25(42)13-22(9-18-10-23(34)15-24(35)11-18)31-26(3-2-8-38-31)19-6-7-28(36)27(14-19)33(37)43;33-22-9-17(10-23(34)14-22)8-21(30-25(2-1-7-37-30)18-5-6-27(35)26(13-18)32(36)42)12-24(41)15-39-31-20-4-3-19(11-20)29(31)28(16-40)38-39/h2-3,6-8,10-11,14-15,20-22H,4-5,9,12-13,16H2,1H3,(H2,37,43);1-2,5-7,9-10,13-14,16,19-21H,3-4,8,11-12,15H2,(H2,36,42)/t20?,21?,22-;19?,20?,21-/m11/s1. The summed E-state index contributed by atoms with van der Waals surface area (Å²) in [7, 11) is 0. The second-order valence-corrected chi connectivity index (χ2v) is 22.6. The molecule has 6 atom stereocenters. The summed E-state index contributed by atoms with van der Waals surface area (Å²) in [6.07, 6.45) is 9.78. The second-order valence-electron chi connectivity index (χ2n) is 22.6. The number of primary amides is 2. The Morgan fingerprint density at radius 3 is 1.42 bits per heavy atom. The first-order valence-corrected chi connectivity index (χ1v) is 28.0. The summed E-state index contributed by atoms with van der Waals surface area (Å²) < 4.78 is 88.4. The van der Waals surface area contributed by atoms with Gasteiger partial charge in [-0.2, -0.15) is 10.2 Å². The van der Waals surface area contributed by atoms with Crippen molar-refractivity contribution in [3.63, 3.8) is 0 Å². The Morgan fingerprint density at radius 2 is 0.988 bits per heavy atom. The minimum absolute atomic E-state index is 0.0504. The number of aromatic nitrogens is 6. The third-order valence-electron chi connectivity index (χ3n) is 16.9. The van der Waals surface area contributed by atoms with E-state index in [9.17, 15) is 55.1 Å². The monoisotopic (exact) mass is 1160 g/mol. The fourth-order valence-electron chi connectivity index (χ4n) is 13.6. The number of Topliss-reactive ketones (excluding diaryl/α,β-unsaturated/α-hetero) is 3. The van der Waals surface area contributed by atoms with E-state index in [4.69, 9.17) is 11.5 Å². The van der Waals surface area contributed by atoms with Crippen molar-refractivity contribution in [2.24, 2.45) is 11.5 Å². The Morgan fingerprint density at radius 1 is 0.565 bits per heavy atom. The smallest absolute Gasteiger partial charge is 0.251 e. The zero-order chi connectivity index (χ0) is 60.0. The molecule has 0 saturated heterocycles. The predicted octanol–water partition coefficient (Wildman–Crippen LogP) is 11.6. The van der Waals surface area contributed by atoms with E-state index in [0.29, 0.717) is 62.1 Å². The van der Waals surface area contributed by atoms with Gasteiger partial charge < -0.3 is 11.5 Å². The van der Waals surface area contributed by atoms with Crippen LogP contribution in [-0.2, 0) is 35.5 Å². The van der Waals surface area contributed by atoms with Crippen LogP contribution in [0.25, 0.3) is 22.3 Å². The number of nitrogens with two attached hydrogens (primary N) is 2. The summed E-state index contributed by atoms with van der Waals surface area (Å²) in [4.78, 5) is 84.2. The van der Waals surface area contributed by atoms with Gasteiger partial charge >= 0.3 is 0 Å². The lowest BCUT2D eigenvalue weighted by Crippen LogP contribution is -2.19. The molecule has 2 fully saturated rings. The van der Waals surface area contributed by atoms with Gasteiger partial charge in [0.05, 0.1) is 35.6 Å². The number of ketones is 3. The molecule has 2 amide bonds. The molecule has 4 aliphatic carbocycles. The first kappa shape index (κ1) is 57.6. The van der Waals surface area contributed by atoms with Crippen LogP contribution in [0.2, 0.25) is 0 Å². The summed E-state index contributed by atoms with van der Waals surface area (Å²) in [5, 5.41) is 9.00. The van der Waals surface area contributed by atoms with Gasteiger partial charge in [0.25, 0.3) is 11.8 Å². The number of pyridine rings is 2. The minimum Gasteiger partial charge on any atom is -0.366 e. The van der Waals surface area contributed by atoms with Gasteiger partial charge in [-0.25, -0.2) is 26.3 Å². The van der Waals surface area contributed by atoms with Crippen LogP contribution >= 0.6 is 0 Å². The molecule has 4 aromatic heterocycles. The van der Waals surface area contributed by atoms with Gasteiger partial charge in [0.2, 0.25) is 0 Å². The molecular formula is C65H56F6N8O6. The highest BCUT2D eigenvalue weighted by Crippen LogP contribution is 2.55. The van der Waals surface area contributed by atoms with E-state index >= 15 is 0 Å². The van der Waals surface area contributed by atoms with E-state index in [2.05, 4.69) is 20.2 Å². The van der Waals surface area contributed by atoms with E-state index in [1.165, 1.54) is 67.8 Å². The third kappa shape index (κ3) is 11.9. The molecule has 12 rings (SSSR count). The number of hydrogen-bond acceptors (Lipinski definition) is 10. The SMILES string of the molecule is CC(=O)c1nn(CC(=O)C[C@@H](Cc2cc(F)cc(F)c2)c2ncccc2-c2ccc(F)c(C(N)=O)c2)c2c1C1CCC2C1.NC(=O)c1cc(-c2cccnc2[C@@H](CC(=O)Cn2nc(C=O)c3c2C2CCC3C2)Cc2cc(F)cc(F)c2)ccc1F. The van der Waals surface area contributed by atoms with Crippen LogP contribution in [0.1, 0.15) is 181 Å². The van der Waals surface area contributed by atoms with Gasteiger partial charge in [-0.1, -0.05) is 24.3 Å². The number of nitrogens with zero attached hydrogens (tertiary/aromatic N) is 6. The number of fused-ring (bicyclic) bond motifs is 10. The van der Waals surface area contributed by atoms with E-state index in [-0.39, 0.29) is 85.0 Å². The Bertz CT molecular complexity index is 3990. The maximum atomic E-state index is 14.3. The quantitative estimate of drug-likeness (QED) is 0.0418. The van der Waals surface area contributed by atoms with Crippen molar-refractivity contribution in [2.75, 3.05) is 0 Å². The molecule has 4 bridgehead atoms. The second kappa shape index (κ2) is 23.8. The maximum Gasteiger partial charge on any atom is 0.251 e. The van der Waals surface area contributed by atoms with Gasteiger partial charge in [-0.15, -0.1) is 0 Å². The third-order valence-corrected chi connectivity index (χ3v) is 16.9. The largest absolute Gasteiger partial charge is 0.366 e. The number of hydrogen-bond donors (Lipinski definition) is 2. The average Bonchev–Trinajstić information content (AvgIpc) is 1.66. The average molecular weight is 1160 g/mol. The van der Waals surface area contributed by atoms with Gasteiger partial charge in [0, 0.05) is 102 Å². The van der Waals surface area contributed by atoms with Crippen molar-refractivity contribution in [1.29, 1.82) is 0 Å². The number of carbonyl (C=O) groups is 6. The van der Waals surface area contributed by atoms with Gasteiger partial charge in [0.15, 0.2) is 23.6 Å². The van der Waals surface area contributed by atoms with Crippen molar-refractivity contribution < 1.29 is 55.1 Å². The molecule has 4 aromatic carbocycles. The molecule has 434 valence electrons. The molecule has 14 nitrogen and oxygen atoms in total. The highest BCUT2D eigenvalue weighted by Gasteiger charge is 2.44. The summed E-state index contributed by atoms with van der Waals surface area (Å²) in [6.45, 7) is 1.37. The van der Waals surface area contributed by atoms with Gasteiger partial charge in [-0.05, 0) is 146 Å². The molecule has 4 aliphatic rings. The summed E-state index contributed by atoms with van der Waals surface area (Å²) >= 11 is 0. The lowest BCUT2D eigenvalue weighted by Gasteiger charge is -2.20. The Kier molecular flexibility index (Phi) is 16.1. The molecule has 4 heterocycles. The van der Waals surface area contributed by atoms with Crippen LogP contribution in [0.4, 0.5) is 26.3 Å².